The van der Waals surface area contributed by atoms with Crippen LogP contribution in [0.2, 0.25) is 15.1 Å². The van der Waals surface area contributed by atoms with Crippen LogP contribution >= 0.6 is 34.8 Å². The highest BCUT2D eigenvalue weighted by Gasteiger charge is 2.33. The molecule has 0 saturated heterocycles. The number of rotatable bonds is 8. The Labute approximate surface area is 219 Å². The van der Waals surface area contributed by atoms with Gasteiger partial charge in [0.2, 0.25) is 0 Å². The quantitative estimate of drug-likeness (QED) is 0.274. The van der Waals surface area contributed by atoms with Gasteiger partial charge in [0.25, 0.3) is 0 Å². The van der Waals surface area contributed by atoms with Crippen LogP contribution in [0.4, 0.5) is 15.8 Å². The number of nitrogens with one attached hydrogen (secondary N) is 1. The van der Waals surface area contributed by atoms with Crippen LogP contribution in [0.1, 0.15) is 22.7 Å². The molecule has 0 aromatic heterocycles. The van der Waals surface area contributed by atoms with E-state index in [0.717, 1.165) is 24.9 Å². The van der Waals surface area contributed by atoms with E-state index < -0.39 is 11.9 Å². The SMILES string of the molecule is CN(C)CCNCc1ccc(Cl)c(C2=Nc3cc(Cl)ccc3C(C=O)N2c2ccc(Cl)c(F)c2)c1. The minimum absolute atomic E-state index is 0.0112. The van der Waals surface area contributed by atoms with Crippen LogP contribution in [-0.4, -0.2) is 44.2 Å². The predicted molar refractivity (Wildman–Crippen MR) is 142 cm³/mol. The van der Waals surface area contributed by atoms with Crippen molar-refractivity contribution in [1.29, 1.82) is 0 Å². The Morgan fingerprint density at radius 3 is 2.54 bits per heavy atom. The summed E-state index contributed by atoms with van der Waals surface area (Å²) in [4.78, 5) is 21.0. The molecule has 3 aromatic carbocycles. The molecule has 35 heavy (non-hydrogen) atoms. The Hall–Kier alpha value is -2.48. The maximum Gasteiger partial charge on any atom is 0.147 e. The summed E-state index contributed by atoms with van der Waals surface area (Å²) in [6, 6.07) is 14.4. The molecule has 1 N–H and O–H groups in total. The fourth-order valence-corrected chi connectivity index (χ4v) is 4.42. The molecule has 1 unspecified atom stereocenters. The number of likely N-dealkylation sites (N-methyl/N-ethyl adjacent to an activating group) is 1. The first-order chi connectivity index (χ1) is 16.8. The molecule has 5 nitrogen and oxygen atoms in total. The van der Waals surface area contributed by atoms with Crippen molar-refractivity contribution in [3.8, 4) is 0 Å². The molecular formula is C26H24Cl3FN4O. The number of hydrogen-bond donors (Lipinski definition) is 1. The molecule has 9 heteroatoms. The third kappa shape index (κ3) is 5.68. The summed E-state index contributed by atoms with van der Waals surface area (Å²) in [7, 11) is 4.04. The summed E-state index contributed by atoms with van der Waals surface area (Å²) in [5.41, 5.74) is 3.25. The van der Waals surface area contributed by atoms with Crippen molar-refractivity contribution in [3.63, 3.8) is 0 Å². The van der Waals surface area contributed by atoms with Crippen molar-refractivity contribution >= 4 is 58.3 Å². The molecule has 3 aromatic rings. The van der Waals surface area contributed by atoms with Gasteiger partial charge in [-0.3, -0.25) is 0 Å². The normalized spacial score (nSPS) is 15.2. The summed E-state index contributed by atoms with van der Waals surface area (Å²) >= 11 is 18.8. The number of halogens is 4. The third-order valence-corrected chi connectivity index (χ3v) is 6.56. The lowest BCUT2D eigenvalue weighted by atomic mass is 9.98. The maximum absolute atomic E-state index is 14.5. The Morgan fingerprint density at radius 1 is 1.06 bits per heavy atom. The number of aliphatic imine (C=N–C) groups is 1. The zero-order chi connectivity index (χ0) is 25.1. The first kappa shape index (κ1) is 25.6. The molecule has 0 aliphatic carbocycles. The fourth-order valence-electron chi connectivity index (χ4n) is 3.93. The number of benzene rings is 3. The number of amidine groups is 1. The van der Waals surface area contributed by atoms with E-state index in [4.69, 9.17) is 39.8 Å². The maximum atomic E-state index is 14.5. The van der Waals surface area contributed by atoms with Crippen molar-refractivity contribution in [3.05, 3.63) is 92.2 Å². The van der Waals surface area contributed by atoms with Crippen molar-refractivity contribution in [2.24, 2.45) is 4.99 Å². The molecule has 1 atom stereocenters. The van der Waals surface area contributed by atoms with Crippen molar-refractivity contribution < 1.29 is 9.18 Å². The van der Waals surface area contributed by atoms with E-state index in [1.807, 2.05) is 26.2 Å². The first-order valence-electron chi connectivity index (χ1n) is 11.0. The van der Waals surface area contributed by atoms with Crippen LogP contribution in [0.15, 0.2) is 59.6 Å². The standard InChI is InChI=1S/C26H24Cl3FN4O/c1-33(2)10-9-31-14-16-3-7-21(28)20(11-16)26-32-24-12-17(27)4-6-19(24)25(15-35)34(26)18-5-8-22(29)23(30)13-18/h3-8,11-13,15,25,31H,9-10,14H2,1-2H3. The summed E-state index contributed by atoms with van der Waals surface area (Å²) in [6.45, 7) is 2.35. The largest absolute Gasteiger partial charge is 0.311 e. The van der Waals surface area contributed by atoms with Crippen LogP contribution in [0.3, 0.4) is 0 Å². The second-order valence-corrected chi connectivity index (χ2v) is 9.73. The van der Waals surface area contributed by atoms with Gasteiger partial charge in [0, 0.05) is 41.5 Å². The number of aldehydes is 1. The summed E-state index contributed by atoms with van der Waals surface area (Å²) in [6.07, 6.45) is 0.800. The predicted octanol–water partition coefficient (Wildman–Crippen LogP) is 6.28. The topological polar surface area (TPSA) is 47.9 Å². The number of hydrogen-bond acceptors (Lipinski definition) is 5. The second kappa shape index (κ2) is 11.1. The Kier molecular flexibility index (Phi) is 8.09. The number of carbonyl (C=O) groups excluding carboxylic acids is 1. The van der Waals surface area contributed by atoms with Gasteiger partial charge >= 0.3 is 0 Å². The summed E-state index contributed by atoms with van der Waals surface area (Å²) in [5, 5.41) is 4.34. The molecule has 0 spiro atoms. The number of nitrogens with zero attached hydrogens (tertiary/aromatic N) is 3. The number of fused-ring (bicyclic) bond motifs is 1. The molecule has 1 aliphatic rings. The van der Waals surface area contributed by atoms with Gasteiger partial charge in [-0.15, -0.1) is 0 Å². The van der Waals surface area contributed by atoms with E-state index in [1.165, 1.54) is 12.1 Å². The van der Waals surface area contributed by atoms with E-state index in [0.29, 0.717) is 44.9 Å². The third-order valence-electron chi connectivity index (χ3n) is 5.69. The summed E-state index contributed by atoms with van der Waals surface area (Å²) < 4.78 is 14.5. The minimum Gasteiger partial charge on any atom is -0.311 e. The average molecular weight is 534 g/mol. The average Bonchev–Trinajstić information content (AvgIpc) is 2.83. The van der Waals surface area contributed by atoms with Crippen LogP contribution in [0, 0.1) is 5.82 Å². The molecule has 0 radical (unpaired) electrons. The molecule has 0 fully saturated rings. The van der Waals surface area contributed by atoms with Gasteiger partial charge in [0.1, 0.15) is 24.0 Å². The highest BCUT2D eigenvalue weighted by molar-refractivity contribution is 6.35. The zero-order valence-corrected chi connectivity index (χ0v) is 21.5. The van der Waals surface area contributed by atoms with E-state index in [2.05, 4.69) is 10.2 Å². The van der Waals surface area contributed by atoms with Gasteiger partial charge in [-0.2, -0.15) is 0 Å². The number of carbonyl (C=O) groups is 1. The van der Waals surface area contributed by atoms with Crippen LogP contribution in [0.5, 0.6) is 0 Å². The van der Waals surface area contributed by atoms with E-state index in [1.54, 1.807) is 35.2 Å². The molecule has 4 rings (SSSR count). The van der Waals surface area contributed by atoms with Crippen LogP contribution < -0.4 is 10.2 Å². The van der Waals surface area contributed by atoms with E-state index in [9.17, 15) is 9.18 Å². The Morgan fingerprint density at radius 2 is 1.83 bits per heavy atom. The van der Waals surface area contributed by atoms with Gasteiger partial charge in [-0.1, -0.05) is 46.9 Å². The smallest absolute Gasteiger partial charge is 0.147 e. The van der Waals surface area contributed by atoms with Gasteiger partial charge < -0.3 is 19.9 Å². The monoisotopic (exact) mass is 532 g/mol. The molecule has 0 bridgehead atoms. The van der Waals surface area contributed by atoms with Gasteiger partial charge in [0.05, 0.1) is 15.7 Å². The van der Waals surface area contributed by atoms with E-state index in [-0.39, 0.29) is 5.02 Å². The Bertz CT molecular complexity index is 1280. The van der Waals surface area contributed by atoms with Crippen molar-refractivity contribution in [2.45, 2.75) is 12.6 Å². The first-order valence-corrected chi connectivity index (χ1v) is 12.1. The molecule has 182 valence electrons. The van der Waals surface area contributed by atoms with Gasteiger partial charge in [-0.25, -0.2) is 9.38 Å². The van der Waals surface area contributed by atoms with Crippen LogP contribution in [0.25, 0.3) is 0 Å². The highest BCUT2D eigenvalue weighted by atomic mass is 35.5. The lowest BCUT2D eigenvalue weighted by molar-refractivity contribution is -0.108. The molecular weight excluding hydrogens is 510 g/mol. The number of anilines is 1. The van der Waals surface area contributed by atoms with Crippen molar-refractivity contribution in [1.82, 2.24) is 10.2 Å². The lowest BCUT2D eigenvalue weighted by Crippen LogP contribution is -2.39. The van der Waals surface area contributed by atoms with Gasteiger partial charge in [-0.05, 0) is 62.1 Å². The minimum atomic E-state index is -0.770. The zero-order valence-electron chi connectivity index (χ0n) is 19.2. The molecule has 1 aliphatic heterocycles. The fraction of sp³-hybridized carbons (Fsp3) is 0.231. The second-order valence-electron chi connectivity index (χ2n) is 8.48. The molecule has 0 amide bonds. The summed E-state index contributed by atoms with van der Waals surface area (Å²) in [5.74, 6) is -0.182. The van der Waals surface area contributed by atoms with Crippen LogP contribution in [-0.2, 0) is 11.3 Å². The molecule has 1 heterocycles. The van der Waals surface area contributed by atoms with Gasteiger partial charge in [0.15, 0.2) is 0 Å². The van der Waals surface area contributed by atoms with E-state index >= 15 is 0 Å². The highest BCUT2D eigenvalue weighted by Crippen LogP contribution is 2.41. The Balaban J connectivity index is 1.82. The van der Waals surface area contributed by atoms with Crippen molar-refractivity contribution in [2.75, 3.05) is 32.1 Å². The molecule has 0 saturated carbocycles. The lowest BCUT2D eigenvalue weighted by Gasteiger charge is -2.36.